The van der Waals surface area contributed by atoms with Crippen LogP contribution >= 0.6 is 0 Å². The van der Waals surface area contributed by atoms with Gasteiger partial charge in [0.25, 0.3) is 0 Å². The molecule has 6 rings (SSSR count). The minimum Gasteiger partial charge on any atom is -0.472 e. The molecule has 2 heterocycles. The van der Waals surface area contributed by atoms with E-state index in [1.54, 1.807) is 18.1 Å². The summed E-state index contributed by atoms with van der Waals surface area (Å²) in [5.74, 6) is 0.677. The van der Waals surface area contributed by atoms with Gasteiger partial charge in [0, 0.05) is 17.5 Å². The van der Waals surface area contributed by atoms with Gasteiger partial charge in [-0.25, -0.2) is 0 Å². The molecule has 5 aliphatic rings. The van der Waals surface area contributed by atoms with Gasteiger partial charge >= 0.3 is 0 Å². The number of hydrogen-bond donors (Lipinski definition) is 2. The zero-order chi connectivity index (χ0) is 23.6. The average molecular weight is 470 g/mol. The Labute approximate surface area is 204 Å². The summed E-state index contributed by atoms with van der Waals surface area (Å²) in [7, 11) is 0. The SMILES string of the molecule is C[C@]12CC[C@H]3[C@@H](CC=C4C[C@@H](OCCN5CCCC5)CC[C@@]43C)[C@@]1(O)CC[C@]2(O)c1ccoc1. The Morgan fingerprint density at radius 2 is 1.88 bits per heavy atom. The summed E-state index contributed by atoms with van der Waals surface area (Å²) in [5, 5.41) is 24.2. The molecular formula is C29H43NO4. The molecule has 5 heteroatoms. The smallest absolute Gasteiger partial charge is 0.101 e. The molecule has 1 aliphatic heterocycles. The van der Waals surface area contributed by atoms with Crippen molar-refractivity contribution >= 4 is 0 Å². The van der Waals surface area contributed by atoms with E-state index in [-0.39, 0.29) is 11.3 Å². The maximum atomic E-state index is 12.3. The van der Waals surface area contributed by atoms with Gasteiger partial charge in [0.15, 0.2) is 0 Å². The maximum absolute atomic E-state index is 12.3. The molecule has 188 valence electrons. The van der Waals surface area contributed by atoms with E-state index in [1.807, 2.05) is 6.07 Å². The highest BCUT2D eigenvalue weighted by Crippen LogP contribution is 2.70. The first-order valence-corrected chi connectivity index (χ1v) is 13.8. The molecule has 4 aliphatic carbocycles. The average Bonchev–Trinajstić information content (AvgIpc) is 3.57. The first kappa shape index (κ1) is 23.3. The van der Waals surface area contributed by atoms with Gasteiger partial charge in [-0.15, -0.1) is 0 Å². The highest BCUT2D eigenvalue weighted by Gasteiger charge is 2.71. The minimum atomic E-state index is -1.02. The van der Waals surface area contributed by atoms with Crippen LogP contribution in [-0.4, -0.2) is 53.1 Å². The van der Waals surface area contributed by atoms with E-state index < -0.39 is 16.6 Å². The molecule has 0 bridgehead atoms. The van der Waals surface area contributed by atoms with Crippen molar-refractivity contribution in [3.63, 3.8) is 0 Å². The number of ether oxygens (including phenoxy) is 1. The summed E-state index contributed by atoms with van der Waals surface area (Å²) in [6.07, 6.45) is 16.2. The molecule has 1 aromatic heterocycles. The van der Waals surface area contributed by atoms with Crippen molar-refractivity contribution in [2.24, 2.45) is 22.7 Å². The lowest BCUT2D eigenvalue weighted by Crippen LogP contribution is -2.63. The molecule has 0 spiro atoms. The second kappa shape index (κ2) is 8.19. The number of nitrogens with zero attached hydrogens (tertiary/aromatic N) is 1. The van der Waals surface area contributed by atoms with Gasteiger partial charge in [0.05, 0.1) is 30.8 Å². The summed E-state index contributed by atoms with van der Waals surface area (Å²) in [6, 6.07) is 1.88. The van der Waals surface area contributed by atoms with Crippen molar-refractivity contribution in [1.29, 1.82) is 0 Å². The number of aliphatic hydroxyl groups is 2. The first-order valence-electron chi connectivity index (χ1n) is 13.8. The Bertz CT molecular complexity index is 923. The number of fused-ring (bicyclic) bond motifs is 5. The Morgan fingerprint density at radius 1 is 1.06 bits per heavy atom. The summed E-state index contributed by atoms with van der Waals surface area (Å²) < 4.78 is 11.7. The highest BCUT2D eigenvalue weighted by atomic mass is 16.5. The van der Waals surface area contributed by atoms with E-state index in [0.29, 0.717) is 24.9 Å². The van der Waals surface area contributed by atoms with E-state index in [1.165, 1.54) is 25.9 Å². The third-order valence-electron chi connectivity index (χ3n) is 11.4. The molecule has 34 heavy (non-hydrogen) atoms. The number of hydrogen-bond acceptors (Lipinski definition) is 5. The summed E-state index contributed by atoms with van der Waals surface area (Å²) >= 11 is 0. The molecule has 0 amide bonds. The van der Waals surface area contributed by atoms with Crippen molar-refractivity contribution in [2.45, 2.75) is 95.4 Å². The third kappa shape index (κ3) is 3.19. The summed E-state index contributed by atoms with van der Waals surface area (Å²) in [5.41, 5.74) is 0.116. The molecule has 7 atom stereocenters. The molecule has 3 saturated carbocycles. The highest BCUT2D eigenvalue weighted by molar-refractivity contribution is 5.33. The number of allylic oxidation sites excluding steroid dienone is 1. The second-order valence-electron chi connectivity index (χ2n) is 12.5. The normalized spacial score (nSPS) is 46.6. The largest absolute Gasteiger partial charge is 0.472 e. The zero-order valence-electron chi connectivity index (χ0n) is 21.1. The fraction of sp³-hybridized carbons (Fsp3) is 0.793. The molecule has 1 saturated heterocycles. The van der Waals surface area contributed by atoms with Gasteiger partial charge in [-0.1, -0.05) is 25.5 Å². The lowest BCUT2D eigenvalue weighted by atomic mass is 9.45. The fourth-order valence-electron chi connectivity index (χ4n) is 9.07. The number of furan rings is 1. The first-order chi connectivity index (χ1) is 16.3. The second-order valence-corrected chi connectivity index (χ2v) is 12.5. The number of likely N-dealkylation sites (tertiary alicyclic amines) is 1. The van der Waals surface area contributed by atoms with E-state index in [0.717, 1.165) is 57.2 Å². The third-order valence-corrected chi connectivity index (χ3v) is 11.4. The van der Waals surface area contributed by atoms with Gasteiger partial charge in [0.2, 0.25) is 0 Å². The maximum Gasteiger partial charge on any atom is 0.101 e. The molecule has 5 nitrogen and oxygen atoms in total. The standard InChI is InChI=1S/C29H43NO4/c1-26-10-7-23(34-18-16-30-14-3-4-15-30)19-21(26)5-6-25-24(26)8-11-27(2)28(31,12-13-29(25,27)32)22-9-17-33-20-22/h5,9,17,20,23-25,31-32H,3-4,6-8,10-16,18-19H2,1-2H3/t23-,24-,25+,26-,27+,28-,29-/m0/s1. The Balaban J connectivity index is 1.19. The molecule has 1 aromatic rings. The van der Waals surface area contributed by atoms with Crippen LogP contribution in [0.5, 0.6) is 0 Å². The van der Waals surface area contributed by atoms with Crippen LogP contribution in [0.4, 0.5) is 0 Å². The van der Waals surface area contributed by atoms with Crippen LogP contribution in [0.2, 0.25) is 0 Å². The molecule has 0 unspecified atom stereocenters. The van der Waals surface area contributed by atoms with Gasteiger partial charge in [-0.2, -0.15) is 0 Å². The topological polar surface area (TPSA) is 66.1 Å². The van der Waals surface area contributed by atoms with Crippen molar-refractivity contribution < 1.29 is 19.4 Å². The lowest BCUT2D eigenvalue weighted by molar-refractivity contribution is -0.218. The van der Waals surface area contributed by atoms with Crippen LogP contribution in [0.15, 0.2) is 34.7 Å². The van der Waals surface area contributed by atoms with Gasteiger partial charge < -0.3 is 24.3 Å². The monoisotopic (exact) mass is 469 g/mol. The fourth-order valence-corrected chi connectivity index (χ4v) is 9.07. The molecule has 0 radical (unpaired) electrons. The molecule has 2 N–H and O–H groups in total. The van der Waals surface area contributed by atoms with Crippen molar-refractivity contribution in [1.82, 2.24) is 4.90 Å². The lowest BCUT2D eigenvalue weighted by Gasteiger charge is -2.62. The predicted octanol–water partition coefficient (Wildman–Crippen LogP) is 5.03. The van der Waals surface area contributed by atoms with Crippen LogP contribution in [0, 0.1) is 22.7 Å². The molecule has 0 aromatic carbocycles. The van der Waals surface area contributed by atoms with Crippen LogP contribution in [0.25, 0.3) is 0 Å². The van der Waals surface area contributed by atoms with E-state index in [9.17, 15) is 10.2 Å². The zero-order valence-corrected chi connectivity index (χ0v) is 21.1. The Kier molecular flexibility index (Phi) is 5.61. The number of rotatable bonds is 5. The van der Waals surface area contributed by atoms with Gasteiger partial charge in [-0.3, -0.25) is 0 Å². The van der Waals surface area contributed by atoms with Crippen LogP contribution in [-0.2, 0) is 10.3 Å². The van der Waals surface area contributed by atoms with Crippen molar-refractivity contribution in [3.8, 4) is 0 Å². The van der Waals surface area contributed by atoms with E-state index >= 15 is 0 Å². The van der Waals surface area contributed by atoms with Gasteiger partial charge in [-0.05, 0) is 101 Å². The van der Waals surface area contributed by atoms with E-state index in [4.69, 9.17) is 9.15 Å². The summed E-state index contributed by atoms with van der Waals surface area (Å²) in [4.78, 5) is 2.53. The summed E-state index contributed by atoms with van der Waals surface area (Å²) in [6.45, 7) is 8.99. The van der Waals surface area contributed by atoms with Gasteiger partial charge in [0.1, 0.15) is 5.60 Å². The molecular weight excluding hydrogens is 426 g/mol. The van der Waals surface area contributed by atoms with Crippen LogP contribution < -0.4 is 0 Å². The van der Waals surface area contributed by atoms with Crippen LogP contribution in [0.3, 0.4) is 0 Å². The Morgan fingerprint density at radius 3 is 2.65 bits per heavy atom. The Hall–Kier alpha value is -1.14. The van der Waals surface area contributed by atoms with Crippen molar-refractivity contribution in [2.75, 3.05) is 26.2 Å². The minimum absolute atomic E-state index is 0.144. The van der Waals surface area contributed by atoms with Crippen LogP contribution in [0.1, 0.15) is 83.6 Å². The molecule has 4 fully saturated rings. The predicted molar refractivity (Wildman–Crippen MR) is 131 cm³/mol. The van der Waals surface area contributed by atoms with E-state index in [2.05, 4.69) is 24.8 Å². The van der Waals surface area contributed by atoms with Crippen molar-refractivity contribution in [3.05, 3.63) is 35.8 Å². The quantitative estimate of drug-likeness (QED) is 0.593.